The van der Waals surface area contributed by atoms with Gasteiger partial charge in [-0.2, -0.15) is 5.10 Å². The Labute approximate surface area is 248 Å². The van der Waals surface area contributed by atoms with Gasteiger partial charge < -0.3 is 10.1 Å². The Balaban J connectivity index is 1.36. The average molecular weight is 591 g/mol. The largest absolute Gasteiger partial charge is 0.484 e. The maximum atomic E-state index is 13.6. The van der Waals surface area contributed by atoms with Gasteiger partial charge in [-0.05, 0) is 92.8 Å². The fourth-order valence-electron chi connectivity index (χ4n) is 4.80. The molecule has 42 heavy (non-hydrogen) atoms. The fraction of sp³-hybridized carbons (Fsp3) is 0.344. The van der Waals surface area contributed by atoms with Crippen LogP contribution in [0.4, 0.5) is 5.69 Å². The summed E-state index contributed by atoms with van der Waals surface area (Å²) in [7, 11) is -4.03. The van der Waals surface area contributed by atoms with Crippen molar-refractivity contribution in [3.63, 3.8) is 0 Å². The number of nitrogens with zero attached hydrogens (tertiary/aromatic N) is 2. The van der Waals surface area contributed by atoms with Crippen LogP contribution in [0.3, 0.4) is 0 Å². The number of nitrogens with one attached hydrogen (secondary N) is 2. The maximum absolute atomic E-state index is 13.6. The molecule has 0 bridgehead atoms. The van der Waals surface area contributed by atoms with Gasteiger partial charge >= 0.3 is 0 Å². The van der Waals surface area contributed by atoms with Gasteiger partial charge in [-0.15, -0.1) is 0 Å². The third-order valence-electron chi connectivity index (χ3n) is 7.36. The van der Waals surface area contributed by atoms with Gasteiger partial charge in [0.15, 0.2) is 6.61 Å². The summed E-state index contributed by atoms with van der Waals surface area (Å²) in [4.78, 5) is 25.2. The molecule has 0 heterocycles. The second kappa shape index (κ2) is 14.1. The molecular formula is C32H38N4O5S. The minimum Gasteiger partial charge on any atom is -0.484 e. The molecule has 10 heteroatoms. The molecule has 2 amide bonds. The highest BCUT2D eigenvalue weighted by Crippen LogP contribution is 2.28. The Morgan fingerprint density at radius 1 is 0.929 bits per heavy atom. The van der Waals surface area contributed by atoms with Crippen molar-refractivity contribution in [2.45, 2.75) is 63.8 Å². The van der Waals surface area contributed by atoms with Gasteiger partial charge in [0.05, 0.1) is 16.8 Å². The van der Waals surface area contributed by atoms with Gasteiger partial charge in [-0.1, -0.05) is 49.1 Å². The molecule has 222 valence electrons. The molecule has 0 saturated heterocycles. The van der Waals surface area contributed by atoms with Crippen LogP contribution in [0.15, 0.2) is 76.7 Å². The van der Waals surface area contributed by atoms with Crippen molar-refractivity contribution in [1.29, 1.82) is 0 Å². The molecule has 3 aromatic carbocycles. The molecule has 0 spiro atoms. The summed E-state index contributed by atoms with van der Waals surface area (Å²) >= 11 is 0. The van der Waals surface area contributed by atoms with E-state index in [2.05, 4.69) is 15.8 Å². The lowest BCUT2D eigenvalue weighted by atomic mass is 9.95. The SMILES string of the molecule is Cc1ccc(S(=O)(=O)N(CC(=O)N/N=C\c2ccc(OCC(=O)NC3CCCCC3)cc2)c2cccc(C)c2C)cc1. The van der Waals surface area contributed by atoms with Crippen molar-refractivity contribution in [1.82, 2.24) is 10.7 Å². The molecule has 1 fully saturated rings. The normalized spacial score (nSPS) is 14.0. The lowest BCUT2D eigenvalue weighted by Gasteiger charge is -2.26. The number of benzene rings is 3. The standard InChI is InChI=1S/C32H38N4O5S/c1-23-12-18-29(19-13-23)42(39,40)36(30-11-7-8-24(2)25(30)3)21-31(37)35-33-20-26-14-16-28(17-15-26)41-22-32(38)34-27-9-5-4-6-10-27/h7-8,11-20,27H,4-6,9-10,21-22H2,1-3H3,(H,34,38)(H,35,37)/b33-20-. The van der Waals surface area contributed by atoms with Crippen LogP contribution in [0.25, 0.3) is 0 Å². The molecule has 0 atom stereocenters. The highest BCUT2D eigenvalue weighted by atomic mass is 32.2. The van der Waals surface area contributed by atoms with E-state index in [1.54, 1.807) is 48.5 Å². The third-order valence-corrected chi connectivity index (χ3v) is 9.14. The van der Waals surface area contributed by atoms with Crippen LogP contribution in [-0.2, 0) is 19.6 Å². The van der Waals surface area contributed by atoms with Crippen molar-refractivity contribution in [2.75, 3.05) is 17.5 Å². The first-order valence-electron chi connectivity index (χ1n) is 14.1. The van der Waals surface area contributed by atoms with E-state index in [1.807, 2.05) is 26.8 Å². The summed E-state index contributed by atoms with van der Waals surface area (Å²) < 4.78 is 34.0. The van der Waals surface area contributed by atoms with E-state index in [0.29, 0.717) is 17.0 Å². The lowest BCUT2D eigenvalue weighted by Crippen LogP contribution is -2.40. The topological polar surface area (TPSA) is 117 Å². The van der Waals surface area contributed by atoms with Gasteiger partial charge in [0, 0.05) is 6.04 Å². The van der Waals surface area contributed by atoms with E-state index in [1.165, 1.54) is 24.8 Å². The highest BCUT2D eigenvalue weighted by Gasteiger charge is 2.28. The maximum Gasteiger partial charge on any atom is 0.264 e. The lowest BCUT2D eigenvalue weighted by molar-refractivity contribution is -0.124. The second-order valence-electron chi connectivity index (χ2n) is 10.6. The monoisotopic (exact) mass is 590 g/mol. The van der Waals surface area contributed by atoms with Gasteiger partial charge in [-0.3, -0.25) is 13.9 Å². The molecule has 2 N–H and O–H groups in total. The Kier molecular flexibility index (Phi) is 10.4. The van der Waals surface area contributed by atoms with Crippen LogP contribution in [0.5, 0.6) is 5.75 Å². The molecule has 4 rings (SSSR count). The first-order chi connectivity index (χ1) is 20.1. The number of hydrogen-bond acceptors (Lipinski definition) is 6. The van der Waals surface area contributed by atoms with E-state index < -0.39 is 22.5 Å². The number of ether oxygens (including phenoxy) is 1. The average Bonchev–Trinajstić information content (AvgIpc) is 2.98. The fourth-order valence-corrected chi connectivity index (χ4v) is 6.28. The van der Waals surface area contributed by atoms with Crippen LogP contribution in [0.1, 0.15) is 54.4 Å². The van der Waals surface area contributed by atoms with Crippen molar-refractivity contribution < 1.29 is 22.7 Å². The molecule has 0 radical (unpaired) electrons. The molecule has 1 aliphatic rings. The molecular weight excluding hydrogens is 552 g/mol. The minimum absolute atomic E-state index is 0.0532. The van der Waals surface area contributed by atoms with E-state index >= 15 is 0 Å². The highest BCUT2D eigenvalue weighted by molar-refractivity contribution is 7.92. The zero-order chi connectivity index (χ0) is 30.1. The van der Waals surface area contributed by atoms with Gasteiger partial charge in [-0.25, -0.2) is 13.8 Å². The van der Waals surface area contributed by atoms with Crippen LogP contribution in [0.2, 0.25) is 0 Å². The number of rotatable bonds is 11. The number of carbonyl (C=O) groups excluding carboxylic acids is 2. The molecule has 9 nitrogen and oxygen atoms in total. The zero-order valence-electron chi connectivity index (χ0n) is 24.3. The summed E-state index contributed by atoms with van der Waals surface area (Å²) in [6.45, 7) is 5.09. The van der Waals surface area contributed by atoms with E-state index in [-0.39, 0.29) is 23.5 Å². The van der Waals surface area contributed by atoms with Gasteiger partial charge in [0.25, 0.3) is 21.8 Å². The summed E-state index contributed by atoms with van der Waals surface area (Å²) in [5.74, 6) is -0.179. The third kappa shape index (κ3) is 8.19. The molecule has 0 aliphatic heterocycles. The van der Waals surface area contributed by atoms with Crippen molar-refractivity contribution >= 4 is 33.7 Å². The summed E-state index contributed by atoms with van der Waals surface area (Å²) in [6.07, 6.45) is 7.00. The minimum atomic E-state index is -4.03. The number of sulfonamides is 1. The van der Waals surface area contributed by atoms with Crippen LogP contribution < -0.4 is 19.8 Å². The van der Waals surface area contributed by atoms with E-state index in [9.17, 15) is 18.0 Å². The number of anilines is 1. The molecule has 1 saturated carbocycles. The Morgan fingerprint density at radius 2 is 1.62 bits per heavy atom. The van der Waals surface area contributed by atoms with E-state index in [0.717, 1.165) is 46.7 Å². The Morgan fingerprint density at radius 3 is 2.31 bits per heavy atom. The predicted molar refractivity (Wildman–Crippen MR) is 164 cm³/mol. The van der Waals surface area contributed by atoms with Gasteiger partial charge in [0.2, 0.25) is 0 Å². The first-order valence-corrected chi connectivity index (χ1v) is 15.6. The molecule has 1 aliphatic carbocycles. The number of hydrogen-bond donors (Lipinski definition) is 2. The predicted octanol–water partition coefficient (Wildman–Crippen LogP) is 4.79. The summed E-state index contributed by atoms with van der Waals surface area (Å²) in [6, 6.07) is 19.0. The van der Waals surface area contributed by atoms with E-state index in [4.69, 9.17) is 4.74 Å². The van der Waals surface area contributed by atoms with Crippen LogP contribution >= 0.6 is 0 Å². The Hall–Kier alpha value is -4.18. The molecule has 0 unspecified atom stereocenters. The molecule has 3 aromatic rings. The zero-order valence-corrected chi connectivity index (χ0v) is 25.1. The van der Waals surface area contributed by atoms with Crippen LogP contribution in [-0.4, -0.2) is 45.6 Å². The number of aryl methyl sites for hydroxylation is 2. The smallest absolute Gasteiger partial charge is 0.264 e. The second-order valence-corrected chi connectivity index (χ2v) is 12.5. The number of carbonyl (C=O) groups is 2. The van der Waals surface area contributed by atoms with Crippen molar-refractivity contribution in [3.8, 4) is 5.75 Å². The quantitative estimate of drug-likeness (QED) is 0.246. The van der Waals surface area contributed by atoms with Crippen molar-refractivity contribution in [3.05, 3.63) is 89.0 Å². The van der Waals surface area contributed by atoms with Gasteiger partial charge in [0.1, 0.15) is 12.3 Å². The first kappa shape index (κ1) is 30.8. The Bertz CT molecular complexity index is 1510. The number of hydrazone groups is 1. The van der Waals surface area contributed by atoms with Crippen LogP contribution in [0, 0.1) is 20.8 Å². The number of amides is 2. The molecule has 0 aromatic heterocycles. The summed E-state index contributed by atoms with van der Waals surface area (Å²) in [5, 5.41) is 7.04. The summed E-state index contributed by atoms with van der Waals surface area (Å²) in [5.41, 5.74) is 6.15. The van der Waals surface area contributed by atoms with Crippen molar-refractivity contribution in [2.24, 2.45) is 5.10 Å².